The van der Waals surface area contributed by atoms with Crippen molar-refractivity contribution in [1.82, 2.24) is 20.0 Å². The Kier molecular flexibility index (Phi) is 4.00. The minimum absolute atomic E-state index is 0.0563. The average molecular weight is 290 g/mol. The van der Waals surface area contributed by atoms with Crippen molar-refractivity contribution in [2.75, 3.05) is 0 Å². The van der Waals surface area contributed by atoms with Gasteiger partial charge in [0, 0.05) is 0 Å². The van der Waals surface area contributed by atoms with Crippen LogP contribution in [-0.4, -0.2) is 25.4 Å². The van der Waals surface area contributed by atoms with Crippen LogP contribution in [-0.2, 0) is 6.54 Å². The Morgan fingerprint density at radius 1 is 1.48 bits per heavy atom. The molecule has 0 fully saturated rings. The molecule has 0 aliphatic rings. The monoisotopic (exact) mass is 290 g/mol. The first-order chi connectivity index (χ1) is 10.0. The first-order valence-electron chi connectivity index (χ1n) is 5.69. The Bertz CT molecular complexity index is 756. The summed E-state index contributed by atoms with van der Waals surface area (Å²) in [5, 5.41) is 10.7. The van der Waals surface area contributed by atoms with Gasteiger partial charge in [0.1, 0.15) is 11.9 Å². The van der Waals surface area contributed by atoms with Gasteiger partial charge in [-0.2, -0.15) is 4.98 Å². The number of hydrazine groups is 1. The number of nitrogen functional groups attached to an aromatic ring is 1. The van der Waals surface area contributed by atoms with Gasteiger partial charge in [0.2, 0.25) is 0 Å². The van der Waals surface area contributed by atoms with Gasteiger partial charge in [0.15, 0.2) is 0 Å². The van der Waals surface area contributed by atoms with E-state index in [0.29, 0.717) is 5.69 Å². The zero-order chi connectivity index (χ0) is 15.4. The Morgan fingerprint density at radius 3 is 2.90 bits per heavy atom. The lowest BCUT2D eigenvalue weighted by Gasteiger charge is -2.05. The van der Waals surface area contributed by atoms with Gasteiger partial charge in [-0.15, -0.1) is 0 Å². The summed E-state index contributed by atoms with van der Waals surface area (Å²) in [6.07, 6.45) is 1.94. The molecule has 2 aromatic heterocycles. The number of nitrogens with zero attached hydrogens (tertiary/aromatic N) is 4. The number of nitrogens with one attached hydrogen (secondary N) is 1. The van der Waals surface area contributed by atoms with E-state index in [9.17, 15) is 19.7 Å². The van der Waals surface area contributed by atoms with Gasteiger partial charge >= 0.3 is 11.4 Å². The standard InChI is InChI=1S/C11H10N6O4/c12-15-10(18)9-3-1-2-7(14-9)5-16-6-8(17(20)21)4-13-11(16)19/h1-4,6H,5,12H2,(H,15,18). The van der Waals surface area contributed by atoms with Crippen LogP contribution in [0.4, 0.5) is 5.69 Å². The Hall–Kier alpha value is -3.14. The van der Waals surface area contributed by atoms with Crippen molar-refractivity contribution in [2.24, 2.45) is 5.84 Å². The predicted octanol–water partition coefficient (Wildman–Crippen LogP) is -0.802. The molecule has 0 aliphatic carbocycles. The fourth-order valence-corrected chi connectivity index (χ4v) is 1.59. The highest BCUT2D eigenvalue weighted by Gasteiger charge is 2.11. The number of hydrogen-bond donors (Lipinski definition) is 2. The number of carbonyl (C=O) groups is 1. The summed E-state index contributed by atoms with van der Waals surface area (Å²) in [5.74, 6) is 4.42. The first kappa shape index (κ1) is 14.3. The van der Waals surface area contributed by atoms with Gasteiger partial charge in [-0.25, -0.2) is 15.6 Å². The lowest BCUT2D eigenvalue weighted by atomic mass is 10.3. The van der Waals surface area contributed by atoms with Crippen molar-refractivity contribution in [3.8, 4) is 0 Å². The van der Waals surface area contributed by atoms with Crippen molar-refractivity contribution in [1.29, 1.82) is 0 Å². The van der Waals surface area contributed by atoms with E-state index in [1.165, 1.54) is 6.07 Å². The summed E-state index contributed by atoms with van der Waals surface area (Å²) >= 11 is 0. The first-order valence-corrected chi connectivity index (χ1v) is 5.69. The van der Waals surface area contributed by atoms with Gasteiger partial charge in [-0.1, -0.05) is 6.07 Å². The molecule has 21 heavy (non-hydrogen) atoms. The molecule has 0 spiro atoms. The van der Waals surface area contributed by atoms with Crippen LogP contribution < -0.4 is 17.0 Å². The Labute approximate surface area is 117 Å². The largest absolute Gasteiger partial charge is 0.348 e. The normalized spacial score (nSPS) is 10.1. The molecule has 108 valence electrons. The second-order valence-corrected chi connectivity index (χ2v) is 3.97. The summed E-state index contributed by atoms with van der Waals surface area (Å²) in [7, 11) is 0. The average Bonchev–Trinajstić information content (AvgIpc) is 2.48. The molecule has 0 saturated carbocycles. The van der Waals surface area contributed by atoms with Crippen molar-refractivity contribution < 1.29 is 9.72 Å². The van der Waals surface area contributed by atoms with Crippen LogP contribution in [0.5, 0.6) is 0 Å². The smallest absolute Gasteiger partial charge is 0.289 e. The van der Waals surface area contributed by atoms with Gasteiger partial charge in [-0.3, -0.25) is 24.9 Å². The van der Waals surface area contributed by atoms with Crippen LogP contribution in [0.3, 0.4) is 0 Å². The molecule has 0 bridgehead atoms. The maximum Gasteiger partial charge on any atom is 0.348 e. The zero-order valence-corrected chi connectivity index (χ0v) is 10.6. The van der Waals surface area contributed by atoms with E-state index in [1.54, 1.807) is 12.1 Å². The van der Waals surface area contributed by atoms with Crippen LogP contribution in [0.25, 0.3) is 0 Å². The molecule has 0 atom stereocenters. The van der Waals surface area contributed by atoms with Crippen molar-refractivity contribution >= 4 is 11.6 Å². The second kappa shape index (κ2) is 5.88. The molecular weight excluding hydrogens is 280 g/mol. The number of nitrogens with two attached hydrogens (primary N) is 1. The molecule has 0 aromatic carbocycles. The molecule has 1 amide bonds. The summed E-state index contributed by atoms with van der Waals surface area (Å²) in [6.45, 7) is -0.0563. The van der Waals surface area contributed by atoms with Crippen molar-refractivity contribution in [2.45, 2.75) is 6.54 Å². The third kappa shape index (κ3) is 3.25. The maximum absolute atomic E-state index is 11.6. The van der Waals surface area contributed by atoms with Gasteiger partial charge < -0.3 is 0 Å². The molecule has 0 aliphatic heterocycles. The van der Waals surface area contributed by atoms with Gasteiger partial charge in [0.05, 0.1) is 23.4 Å². The molecule has 2 heterocycles. The minimum atomic E-state index is -0.658. The summed E-state index contributed by atoms with van der Waals surface area (Å²) in [5.41, 5.74) is 1.40. The lowest BCUT2D eigenvalue weighted by molar-refractivity contribution is -0.385. The second-order valence-electron chi connectivity index (χ2n) is 3.97. The van der Waals surface area contributed by atoms with E-state index in [2.05, 4.69) is 9.97 Å². The minimum Gasteiger partial charge on any atom is -0.289 e. The number of hydrogen-bond acceptors (Lipinski definition) is 7. The molecule has 3 N–H and O–H groups in total. The number of pyridine rings is 1. The van der Waals surface area contributed by atoms with E-state index < -0.39 is 16.5 Å². The number of carbonyl (C=O) groups excluding carboxylic acids is 1. The van der Waals surface area contributed by atoms with E-state index in [4.69, 9.17) is 5.84 Å². The number of aromatic nitrogens is 3. The highest BCUT2D eigenvalue weighted by molar-refractivity contribution is 5.91. The van der Waals surface area contributed by atoms with Crippen molar-refractivity contribution in [3.05, 3.63) is 62.6 Å². The van der Waals surface area contributed by atoms with E-state index in [-0.39, 0.29) is 17.9 Å². The molecule has 2 rings (SSSR count). The molecule has 0 radical (unpaired) electrons. The van der Waals surface area contributed by atoms with E-state index in [0.717, 1.165) is 17.0 Å². The molecule has 0 unspecified atom stereocenters. The fourth-order valence-electron chi connectivity index (χ4n) is 1.59. The topological polar surface area (TPSA) is 146 Å². The fraction of sp³-hybridized carbons (Fsp3) is 0.0909. The predicted molar refractivity (Wildman–Crippen MR) is 70.1 cm³/mol. The molecule has 10 nitrogen and oxygen atoms in total. The van der Waals surface area contributed by atoms with Crippen LogP contribution in [0.15, 0.2) is 35.4 Å². The third-order valence-corrected chi connectivity index (χ3v) is 2.55. The maximum atomic E-state index is 11.6. The third-order valence-electron chi connectivity index (χ3n) is 2.55. The summed E-state index contributed by atoms with van der Waals surface area (Å²) < 4.78 is 1.03. The van der Waals surface area contributed by atoms with Gasteiger partial charge in [-0.05, 0) is 12.1 Å². The number of amides is 1. The number of rotatable bonds is 4. The molecular formula is C11H10N6O4. The van der Waals surface area contributed by atoms with E-state index >= 15 is 0 Å². The van der Waals surface area contributed by atoms with Crippen LogP contribution >= 0.6 is 0 Å². The van der Waals surface area contributed by atoms with Crippen molar-refractivity contribution in [3.63, 3.8) is 0 Å². The molecule has 10 heteroatoms. The molecule has 0 saturated heterocycles. The Balaban J connectivity index is 2.34. The lowest BCUT2D eigenvalue weighted by Crippen LogP contribution is -2.31. The van der Waals surface area contributed by atoms with Crippen LogP contribution in [0.2, 0.25) is 0 Å². The molecule has 2 aromatic rings. The SMILES string of the molecule is NNC(=O)c1cccc(Cn2cc([N+](=O)[O-])cnc2=O)n1. The highest BCUT2D eigenvalue weighted by atomic mass is 16.6. The summed E-state index contributed by atoms with van der Waals surface area (Å²) in [6, 6.07) is 4.57. The van der Waals surface area contributed by atoms with E-state index in [1.807, 2.05) is 5.43 Å². The zero-order valence-electron chi connectivity index (χ0n) is 10.6. The highest BCUT2D eigenvalue weighted by Crippen LogP contribution is 2.07. The number of nitro groups is 1. The van der Waals surface area contributed by atoms with Gasteiger partial charge in [0.25, 0.3) is 5.91 Å². The van der Waals surface area contributed by atoms with Crippen LogP contribution in [0, 0.1) is 10.1 Å². The quantitative estimate of drug-likeness (QED) is 0.324. The van der Waals surface area contributed by atoms with Crippen LogP contribution in [0.1, 0.15) is 16.2 Å². The Morgan fingerprint density at radius 2 is 2.24 bits per heavy atom. The summed E-state index contributed by atoms with van der Waals surface area (Å²) in [4.78, 5) is 40.4.